The molecule has 1 aliphatic carbocycles. The van der Waals surface area contributed by atoms with Crippen LogP contribution in [0.5, 0.6) is 0 Å². The first-order valence-electron chi connectivity index (χ1n) is 5.24. The maximum Gasteiger partial charge on any atom is 0.0349 e. The highest BCUT2D eigenvalue weighted by atomic mass is 14.6. The lowest BCUT2D eigenvalue weighted by atomic mass is 9.91. The second-order valence-corrected chi connectivity index (χ2v) is 3.19. The van der Waals surface area contributed by atoms with Gasteiger partial charge in [-0.1, -0.05) is 26.0 Å². The molecule has 0 aromatic heterocycles. The van der Waals surface area contributed by atoms with Gasteiger partial charge in [0.1, 0.15) is 0 Å². The van der Waals surface area contributed by atoms with Gasteiger partial charge < -0.3 is 5.73 Å². The highest BCUT2D eigenvalue weighted by Gasteiger charge is 2.09. The minimum atomic E-state index is 0.988. The van der Waals surface area contributed by atoms with E-state index in [1.165, 1.54) is 36.8 Å². The minimum absolute atomic E-state index is 0.988. The third-order valence-corrected chi connectivity index (χ3v) is 2.43. The molecule has 13 heavy (non-hydrogen) atoms. The van der Waals surface area contributed by atoms with Gasteiger partial charge in [-0.2, -0.15) is 0 Å². The van der Waals surface area contributed by atoms with E-state index in [1.54, 1.807) is 0 Å². The van der Waals surface area contributed by atoms with Crippen molar-refractivity contribution in [2.45, 2.75) is 39.5 Å². The van der Waals surface area contributed by atoms with Crippen molar-refractivity contribution in [3.8, 4) is 0 Å². The second-order valence-electron chi connectivity index (χ2n) is 3.19. The third kappa shape index (κ3) is 2.24. The molecule has 0 fully saturated rings. The van der Waals surface area contributed by atoms with Gasteiger partial charge in [-0.15, -0.1) is 0 Å². The number of hydrogen-bond acceptors (Lipinski definition) is 1. The van der Waals surface area contributed by atoms with E-state index in [1.807, 2.05) is 19.9 Å². The van der Waals surface area contributed by atoms with Gasteiger partial charge in [-0.3, -0.25) is 0 Å². The molecule has 1 nitrogen and oxygen atoms in total. The summed E-state index contributed by atoms with van der Waals surface area (Å²) < 4.78 is 0. The van der Waals surface area contributed by atoms with Crippen LogP contribution in [-0.2, 0) is 12.8 Å². The summed E-state index contributed by atoms with van der Waals surface area (Å²) in [5, 5.41) is 0. The molecule has 0 atom stereocenters. The summed E-state index contributed by atoms with van der Waals surface area (Å²) in [7, 11) is 0. The van der Waals surface area contributed by atoms with Crippen LogP contribution in [0.3, 0.4) is 0 Å². The molecule has 1 aromatic rings. The van der Waals surface area contributed by atoms with E-state index in [9.17, 15) is 0 Å². The maximum absolute atomic E-state index is 5.84. The summed E-state index contributed by atoms with van der Waals surface area (Å²) in [6.45, 7) is 4.00. The molecule has 2 N–H and O–H groups in total. The number of anilines is 1. The predicted octanol–water partition coefficient (Wildman–Crippen LogP) is 3.17. The second kappa shape index (κ2) is 4.90. The molecule has 0 aliphatic heterocycles. The number of fused-ring (bicyclic) bond motifs is 1. The number of rotatable bonds is 0. The van der Waals surface area contributed by atoms with Gasteiger partial charge in [0.2, 0.25) is 0 Å². The molecule has 0 radical (unpaired) electrons. The average molecular weight is 177 g/mol. The molecule has 0 spiro atoms. The lowest BCUT2D eigenvalue weighted by molar-refractivity contribution is 0.687. The third-order valence-electron chi connectivity index (χ3n) is 2.43. The standard InChI is InChI=1S/C10H13N.C2H6/c11-10-7-3-5-8-4-1-2-6-9(8)10;1-2/h3,5,7H,1-2,4,6,11H2;1-2H3. The van der Waals surface area contributed by atoms with Gasteiger partial charge in [0.15, 0.2) is 0 Å². The predicted molar refractivity (Wildman–Crippen MR) is 58.8 cm³/mol. The zero-order valence-corrected chi connectivity index (χ0v) is 8.64. The van der Waals surface area contributed by atoms with Crippen molar-refractivity contribution in [2.75, 3.05) is 5.73 Å². The fraction of sp³-hybridized carbons (Fsp3) is 0.500. The van der Waals surface area contributed by atoms with E-state index >= 15 is 0 Å². The van der Waals surface area contributed by atoms with Gasteiger partial charge >= 0.3 is 0 Å². The molecule has 2 rings (SSSR count). The summed E-state index contributed by atoms with van der Waals surface area (Å²) >= 11 is 0. The lowest BCUT2D eigenvalue weighted by Crippen LogP contribution is -2.05. The normalized spacial score (nSPS) is 14.0. The monoisotopic (exact) mass is 177 g/mol. The summed E-state index contributed by atoms with van der Waals surface area (Å²) in [5.41, 5.74) is 9.70. The molecule has 0 heterocycles. The van der Waals surface area contributed by atoms with E-state index in [2.05, 4.69) is 12.1 Å². The summed E-state index contributed by atoms with van der Waals surface area (Å²) in [5.74, 6) is 0. The van der Waals surface area contributed by atoms with E-state index < -0.39 is 0 Å². The van der Waals surface area contributed by atoms with Gasteiger partial charge in [0.05, 0.1) is 0 Å². The molecule has 0 bridgehead atoms. The van der Waals surface area contributed by atoms with Crippen molar-refractivity contribution >= 4 is 5.69 Å². The van der Waals surface area contributed by atoms with Crippen LogP contribution >= 0.6 is 0 Å². The quantitative estimate of drug-likeness (QED) is 0.605. The minimum Gasteiger partial charge on any atom is -0.398 e. The number of aryl methyl sites for hydroxylation is 1. The van der Waals surface area contributed by atoms with Crippen LogP contribution in [-0.4, -0.2) is 0 Å². The topological polar surface area (TPSA) is 26.0 Å². The largest absolute Gasteiger partial charge is 0.398 e. The van der Waals surface area contributed by atoms with E-state index in [0.717, 1.165) is 5.69 Å². The first kappa shape index (κ1) is 10.1. The van der Waals surface area contributed by atoms with Gasteiger partial charge in [-0.05, 0) is 42.9 Å². The SMILES string of the molecule is CC.Nc1cccc2c1CCCC2. The van der Waals surface area contributed by atoms with Crippen molar-refractivity contribution in [2.24, 2.45) is 0 Å². The first-order valence-corrected chi connectivity index (χ1v) is 5.24. The molecule has 0 saturated heterocycles. The van der Waals surface area contributed by atoms with Gasteiger partial charge in [0, 0.05) is 5.69 Å². The molecular weight excluding hydrogens is 158 g/mol. The Labute approximate surface area is 81.0 Å². The molecular formula is C12H19N. The fourth-order valence-electron chi connectivity index (χ4n) is 1.81. The Morgan fingerprint density at radius 2 is 1.77 bits per heavy atom. The Morgan fingerprint density at radius 3 is 2.46 bits per heavy atom. The van der Waals surface area contributed by atoms with Crippen molar-refractivity contribution < 1.29 is 0 Å². The van der Waals surface area contributed by atoms with Crippen molar-refractivity contribution in [3.05, 3.63) is 29.3 Å². The highest BCUT2D eigenvalue weighted by Crippen LogP contribution is 2.25. The number of nitrogens with two attached hydrogens (primary N) is 1. The van der Waals surface area contributed by atoms with E-state index in [-0.39, 0.29) is 0 Å². The molecule has 0 saturated carbocycles. The van der Waals surface area contributed by atoms with Crippen LogP contribution in [0.25, 0.3) is 0 Å². The Kier molecular flexibility index (Phi) is 3.81. The Morgan fingerprint density at radius 1 is 1.08 bits per heavy atom. The van der Waals surface area contributed by atoms with Crippen LogP contribution in [0.4, 0.5) is 5.69 Å². The lowest BCUT2D eigenvalue weighted by Gasteiger charge is -2.16. The van der Waals surface area contributed by atoms with Crippen LogP contribution in [0.2, 0.25) is 0 Å². The van der Waals surface area contributed by atoms with Crippen LogP contribution in [0.15, 0.2) is 18.2 Å². The zero-order chi connectivity index (χ0) is 9.68. The van der Waals surface area contributed by atoms with Crippen LogP contribution in [0.1, 0.15) is 37.8 Å². The Balaban J connectivity index is 0.000000396. The zero-order valence-electron chi connectivity index (χ0n) is 8.64. The van der Waals surface area contributed by atoms with Gasteiger partial charge in [0.25, 0.3) is 0 Å². The highest BCUT2D eigenvalue weighted by molar-refractivity contribution is 5.51. The molecule has 72 valence electrons. The number of nitrogen functional groups attached to an aromatic ring is 1. The van der Waals surface area contributed by atoms with E-state index in [0.29, 0.717) is 0 Å². The molecule has 1 heteroatoms. The summed E-state index contributed by atoms with van der Waals surface area (Å²) in [4.78, 5) is 0. The van der Waals surface area contributed by atoms with Gasteiger partial charge in [-0.25, -0.2) is 0 Å². The molecule has 1 aliphatic rings. The first-order chi connectivity index (χ1) is 6.38. The fourth-order valence-corrected chi connectivity index (χ4v) is 1.81. The Hall–Kier alpha value is -0.980. The Bertz CT molecular complexity index is 266. The molecule has 0 unspecified atom stereocenters. The van der Waals surface area contributed by atoms with Crippen molar-refractivity contribution in [1.29, 1.82) is 0 Å². The number of benzene rings is 1. The summed E-state index contributed by atoms with van der Waals surface area (Å²) in [6, 6.07) is 6.26. The maximum atomic E-state index is 5.84. The van der Waals surface area contributed by atoms with E-state index in [4.69, 9.17) is 5.73 Å². The smallest absolute Gasteiger partial charge is 0.0349 e. The molecule has 0 amide bonds. The summed E-state index contributed by atoms with van der Waals surface area (Å²) in [6.07, 6.45) is 5.04. The van der Waals surface area contributed by atoms with Crippen molar-refractivity contribution in [1.82, 2.24) is 0 Å². The van der Waals surface area contributed by atoms with Crippen LogP contribution in [0, 0.1) is 0 Å². The average Bonchev–Trinajstić information content (AvgIpc) is 2.22. The van der Waals surface area contributed by atoms with Crippen LogP contribution < -0.4 is 5.73 Å². The number of hydrogen-bond donors (Lipinski definition) is 1. The molecule has 1 aromatic carbocycles. The van der Waals surface area contributed by atoms with Crippen molar-refractivity contribution in [3.63, 3.8) is 0 Å².